The monoisotopic (exact) mass is 425 g/mol. The van der Waals surface area contributed by atoms with Crippen LogP contribution in [-0.2, 0) is 14.3 Å². The van der Waals surface area contributed by atoms with E-state index in [9.17, 15) is 14.4 Å². The fourth-order valence-corrected chi connectivity index (χ4v) is 5.92. The predicted molar refractivity (Wildman–Crippen MR) is 115 cm³/mol. The molecule has 4 amide bonds. The molecule has 4 unspecified atom stereocenters. The second-order valence-electron chi connectivity index (χ2n) is 9.36. The summed E-state index contributed by atoms with van der Waals surface area (Å²) >= 11 is 0. The second-order valence-corrected chi connectivity index (χ2v) is 9.36. The number of nitrogens with zero attached hydrogens (tertiary/aromatic N) is 2. The van der Waals surface area contributed by atoms with Crippen molar-refractivity contribution in [3.63, 3.8) is 0 Å². The number of carbonyl (C=O) groups is 3. The molecule has 2 aliphatic carbocycles. The van der Waals surface area contributed by atoms with Gasteiger partial charge in [0.05, 0.1) is 17.8 Å². The van der Waals surface area contributed by atoms with E-state index in [4.69, 9.17) is 4.74 Å². The van der Waals surface area contributed by atoms with Crippen molar-refractivity contribution in [2.24, 2.45) is 5.92 Å². The van der Waals surface area contributed by atoms with Gasteiger partial charge in [0, 0.05) is 12.0 Å². The van der Waals surface area contributed by atoms with E-state index in [-0.39, 0.29) is 42.5 Å². The Kier molecular flexibility index (Phi) is 5.69. The van der Waals surface area contributed by atoms with E-state index in [0.717, 1.165) is 51.4 Å². The van der Waals surface area contributed by atoms with Gasteiger partial charge < -0.3 is 15.0 Å². The van der Waals surface area contributed by atoms with E-state index in [1.54, 1.807) is 29.2 Å². The first-order valence-electron chi connectivity index (χ1n) is 11.8. The predicted octanol–water partition coefficient (Wildman–Crippen LogP) is 3.23. The lowest BCUT2D eigenvalue weighted by Gasteiger charge is -2.43. The molecule has 2 heterocycles. The van der Waals surface area contributed by atoms with E-state index >= 15 is 0 Å². The molecule has 0 spiro atoms. The molecule has 7 heteroatoms. The van der Waals surface area contributed by atoms with Gasteiger partial charge in [0.2, 0.25) is 5.91 Å². The summed E-state index contributed by atoms with van der Waals surface area (Å²) < 4.78 is 6.23. The zero-order valence-corrected chi connectivity index (χ0v) is 17.9. The van der Waals surface area contributed by atoms with Crippen LogP contribution in [0, 0.1) is 5.92 Å². The number of fused-ring (bicyclic) bond motifs is 3. The topological polar surface area (TPSA) is 79.0 Å². The van der Waals surface area contributed by atoms with Gasteiger partial charge in [-0.2, -0.15) is 0 Å². The first-order chi connectivity index (χ1) is 15.1. The molecular formula is C24H31N3O4. The van der Waals surface area contributed by atoms with Crippen LogP contribution in [0.2, 0.25) is 0 Å². The molecule has 0 radical (unpaired) electrons. The fraction of sp³-hybridized carbons (Fsp3) is 0.625. The van der Waals surface area contributed by atoms with Crippen molar-refractivity contribution >= 4 is 23.5 Å². The molecule has 5 rings (SSSR count). The molecule has 7 nitrogen and oxygen atoms in total. The number of carbonyl (C=O) groups excluding carboxylic acids is 3. The fourth-order valence-electron chi connectivity index (χ4n) is 5.92. The highest BCUT2D eigenvalue weighted by Gasteiger charge is 2.58. The van der Waals surface area contributed by atoms with E-state index in [2.05, 4.69) is 5.32 Å². The van der Waals surface area contributed by atoms with Crippen LogP contribution < -0.4 is 10.2 Å². The first kappa shape index (κ1) is 20.5. The number of urea groups is 1. The van der Waals surface area contributed by atoms with Crippen LogP contribution in [0.5, 0.6) is 0 Å². The third-order valence-corrected chi connectivity index (χ3v) is 7.38. The molecule has 4 atom stereocenters. The molecule has 4 aliphatic rings. The van der Waals surface area contributed by atoms with Crippen molar-refractivity contribution in [3.8, 4) is 0 Å². The maximum Gasteiger partial charge on any atom is 0.332 e. The first-order valence-corrected chi connectivity index (χ1v) is 11.8. The van der Waals surface area contributed by atoms with Gasteiger partial charge in [-0.15, -0.1) is 0 Å². The summed E-state index contributed by atoms with van der Waals surface area (Å²) in [6.07, 6.45) is 8.74. The van der Waals surface area contributed by atoms with Gasteiger partial charge in [0.25, 0.3) is 5.91 Å². The van der Waals surface area contributed by atoms with Gasteiger partial charge >= 0.3 is 6.03 Å². The molecule has 2 saturated carbocycles. The van der Waals surface area contributed by atoms with Crippen LogP contribution in [0.1, 0.15) is 57.8 Å². The molecule has 4 fully saturated rings. The van der Waals surface area contributed by atoms with Gasteiger partial charge in [0.1, 0.15) is 6.54 Å². The van der Waals surface area contributed by atoms with E-state index in [1.807, 2.05) is 6.07 Å². The number of nitrogens with one attached hydrogen (secondary N) is 1. The Bertz CT molecular complexity index is 838. The van der Waals surface area contributed by atoms with Crippen LogP contribution in [-0.4, -0.2) is 53.6 Å². The van der Waals surface area contributed by atoms with Crippen molar-refractivity contribution in [1.29, 1.82) is 0 Å². The van der Waals surface area contributed by atoms with Crippen LogP contribution in [0.3, 0.4) is 0 Å². The maximum absolute atomic E-state index is 13.6. The lowest BCUT2D eigenvalue weighted by Crippen LogP contribution is -2.66. The Labute approximate surface area is 183 Å². The number of hydrogen-bond acceptors (Lipinski definition) is 4. The normalized spacial score (nSPS) is 31.4. The lowest BCUT2D eigenvalue weighted by molar-refractivity contribution is -0.134. The minimum Gasteiger partial charge on any atom is -0.363 e. The number of imide groups is 1. The van der Waals surface area contributed by atoms with Crippen molar-refractivity contribution < 1.29 is 19.1 Å². The second kappa shape index (κ2) is 8.61. The summed E-state index contributed by atoms with van der Waals surface area (Å²) in [5.41, 5.74) is 0.520. The molecule has 1 aromatic carbocycles. The van der Waals surface area contributed by atoms with E-state index < -0.39 is 12.1 Å². The quantitative estimate of drug-likeness (QED) is 0.803. The van der Waals surface area contributed by atoms with Gasteiger partial charge in [-0.05, 0) is 37.8 Å². The van der Waals surface area contributed by atoms with E-state index in [1.165, 1.54) is 11.3 Å². The molecule has 2 aliphatic heterocycles. The van der Waals surface area contributed by atoms with Crippen molar-refractivity contribution in [3.05, 3.63) is 30.3 Å². The third-order valence-electron chi connectivity index (χ3n) is 7.38. The highest BCUT2D eigenvalue weighted by molar-refractivity contribution is 6.18. The summed E-state index contributed by atoms with van der Waals surface area (Å²) in [4.78, 5) is 42.7. The minimum absolute atomic E-state index is 0.0138. The summed E-state index contributed by atoms with van der Waals surface area (Å²) in [6.45, 7) is -0.0281. The molecular weight excluding hydrogens is 394 g/mol. The summed E-state index contributed by atoms with van der Waals surface area (Å²) in [5, 5.41) is 3.13. The SMILES string of the molecule is O=C(CN1C(=O)N(c2ccccc2)C(=O)C2OC3CCCCC3C21)NC1CCCCC1. The van der Waals surface area contributed by atoms with Crippen molar-refractivity contribution in [2.75, 3.05) is 11.4 Å². The van der Waals surface area contributed by atoms with Gasteiger partial charge in [-0.3, -0.25) is 9.59 Å². The largest absolute Gasteiger partial charge is 0.363 e. The Hall–Kier alpha value is -2.41. The number of ether oxygens (including phenoxy) is 1. The van der Waals surface area contributed by atoms with Crippen LogP contribution >= 0.6 is 0 Å². The third kappa shape index (κ3) is 3.84. The summed E-state index contributed by atoms with van der Waals surface area (Å²) in [7, 11) is 0. The Morgan fingerprint density at radius 1 is 0.968 bits per heavy atom. The molecule has 1 aromatic rings. The molecule has 0 bridgehead atoms. The van der Waals surface area contributed by atoms with Gasteiger partial charge in [0.15, 0.2) is 6.10 Å². The number of rotatable bonds is 4. The number of benzene rings is 1. The molecule has 0 aromatic heterocycles. The molecule has 166 valence electrons. The summed E-state index contributed by atoms with van der Waals surface area (Å²) in [6, 6.07) is 8.37. The average Bonchev–Trinajstić information content (AvgIpc) is 3.18. The molecule has 31 heavy (non-hydrogen) atoms. The highest BCUT2D eigenvalue weighted by atomic mass is 16.5. The van der Waals surface area contributed by atoms with Crippen molar-refractivity contribution in [2.45, 2.75) is 82.1 Å². The molecule has 2 saturated heterocycles. The minimum atomic E-state index is -0.700. The number of hydrogen-bond donors (Lipinski definition) is 1. The maximum atomic E-state index is 13.6. The Balaban J connectivity index is 1.42. The zero-order chi connectivity index (χ0) is 21.4. The van der Waals surface area contributed by atoms with E-state index in [0.29, 0.717) is 5.69 Å². The molecule has 1 N–H and O–H groups in total. The Morgan fingerprint density at radius 3 is 2.45 bits per heavy atom. The standard InChI is InChI=1S/C24H31N3O4/c28-20(25-16-9-3-1-4-10-16)15-26-21-18-13-7-8-14-19(18)31-22(21)23(29)27(24(26)30)17-11-5-2-6-12-17/h2,5-6,11-12,16,18-19,21-22H,1,3-4,7-10,13-15H2,(H,25,28). The number of amides is 4. The average molecular weight is 426 g/mol. The number of para-hydroxylation sites is 1. The highest BCUT2D eigenvalue weighted by Crippen LogP contribution is 2.43. The summed E-state index contributed by atoms with van der Waals surface area (Å²) in [5.74, 6) is -0.327. The zero-order valence-electron chi connectivity index (χ0n) is 17.9. The lowest BCUT2D eigenvalue weighted by atomic mass is 9.81. The van der Waals surface area contributed by atoms with Crippen LogP contribution in [0.25, 0.3) is 0 Å². The Morgan fingerprint density at radius 2 is 1.68 bits per heavy atom. The van der Waals surface area contributed by atoms with Gasteiger partial charge in [-0.1, -0.05) is 50.3 Å². The van der Waals surface area contributed by atoms with Crippen LogP contribution in [0.4, 0.5) is 10.5 Å². The van der Waals surface area contributed by atoms with Crippen molar-refractivity contribution in [1.82, 2.24) is 10.2 Å². The number of anilines is 1. The smallest absolute Gasteiger partial charge is 0.332 e. The van der Waals surface area contributed by atoms with Gasteiger partial charge in [-0.25, -0.2) is 9.69 Å². The van der Waals surface area contributed by atoms with Crippen LogP contribution in [0.15, 0.2) is 30.3 Å².